The van der Waals surface area contributed by atoms with Crippen molar-refractivity contribution >= 4 is 11.9 Å². The quantitative estimate of drug-likeness (QED) is 0.739. The standard InChI is InChI=1S/C11H15F6NO3/c1-5(2)3-6(9(20)21)4-18-8(19)7(10(12,13)14)11(15,16)17/h5-7H,3-4H2,1-2H3,(H,18,19)(H,20,21). The van der Waals surface area contributed by atoms with Crippen LogP contribution in [0.5, 0.6) is 0 Å². The first kappa shape index (κ1) is 19.5. The van der Waals surface area contributed by atoms with Crippen LogP contribution in [0.25, 0.3) is 0 Å². The molecule has 0 aromatic heterocycles. The number of carboxylic acid groups (broad SMARTS) is 1. The molecule has 0 fully saturated rings. The second-order valence-electron chi connectivity index (χ2n) is 4.93. The Morgan fingerprint density at radius 2 is 1.48 bits per heavy atom. The van der Waals surface area contributed by atoms with E-state index in [2.05, 4.69) is 0 Å². The largest absolute Gasteiger partial charge is 0.481 e. The Balaban J connectivity index is 4.89. The van der Waals surface area contributed by atoms with E-state index in [1.165, 1.54) is 5.32 Å². The van der Waals surface area contributed by atoms with Crippen LogP contribution in [-0.2, 0) is 9.59 Å². The lowest BCUT2D eigenvalue weighted by Crippen LogP contribution is -2.49. The number of amides is 1. The van der Waals surface area contributed by atoms with E-state index in [4.69, 9.17) is 5.11 Å². The molecule has 0 rings (SSSR count). The molecule has 0 heterocycles. The van der Waals surface area contributed by atoms with Gasteiger partial charge in [0.1, 0.15) is 0 Å². The normalized spacial score (nSPS) is 14.4. The van der Waals surface area contributed by atoms with Crippen LogP contribution in [0.2, 0.25) is 0 Å². The number of carbonyl (C=O) groups excluding carboxylic acids is 1. The Bertz CT molecular complexity index is 363. The van der Waals surface area contributed by atoms with E-state index in [0.29, 0.717) is 0 Å². The van der Waals surface area contributed by atoms with Crippen molar-refractivity contribution < 1.29 is 41.0 Å². The molecule has 21 heavy (non-hydrogen) atoms. The first-order valence-electron chi connectivity index (χ1n) is 5.90. The summed E-state index contributed by atoms with van der Waals surface area (Å²) < 4.78 is 73.6. The molecule has 10 heteroatoms. The van der Waals surface area contributed by atoms with Crippen LogP contribution >= 0.6 is 0 Å². The average molecular weight is 323 g/mol. The van der Waals surface area contributed by atoms with Crippen LogP contribution in [0.15, 0.2) is 0 Å². The maximum Gasteiger partial charge on any atom is 0.409 e. The van der Waals surface area contributed by atoms with E-state index in [-0.39, 0.29) is 12.3 Å². The number of hydrogen-bond acceptors (Lipinski definition) is 2. The number of nitrogens with one attached hydrogen (secondary N) is 1. The molecular weight excluding hydrogens is 308 g/mol. The molecule has 0 aromatic carbocycles. The molecule has 1 atom stereocenters. The zero-order valence-electron chi connectivity index (χ0n) is 11.2. The number of carboxylic acids is 1. The highest BCUT2D eigenvalue weighted by atomic mass is 19.4. The van der Waals surface area contributed by atoms with Crippen molar-refractivity contribution in [1.82, 2.24) is 5.32 Å². The molecule has 1 unspecified atom stereocenters. The van der Waals surface area contributed by atoms with Crippen LogP contribution < -0.4 is 5.32 Å². The molecule has 0 radical (unpaired) electrons. The number of halogens is 6. The fraction of sp³-hybridized carbons (Fsp3) is 0.818. The van der Waals surface area contributed by atoms with Crippen molar-refractivity contribution in [3.05, 3.63) is 0 Å². The Kier molecular flexibility index (Phi) is 6.50. The summed E-state index contributed by atoms with van der Waals surface area (Å²) >= 11 is 0. The van der Waals surface area contributed by atoms with E-state index in [1.54, 1.807) is 13.8 Å². The minimum Gasteiger partial charge on any atom is -0.481 e. The average Bonchev–Trinajstić information content (AvgIpc) is 2.18. The van der Waals surface area contributed by atoms with E-state index in [9.17, 15) is 35.9 Å². The summed E-state index contributed by atoms with van der Waals surface area (Å²) in [5.74, 6) is -9.27. The molecule has 0 saturated heterocycles. The molecular formula is C11H15F6NO3. The fourth-order valence-electron chi connectivity index (χ4n) is 1.65. The zero-order valence-corrected chi connectivity index (χ0v) is 11.2. The summed E-state index contributed by atoms with van der Waals surface area (Å²) in [6.45, 7) is 2.47. The lowest BCUT2D eigenvalue weighted by Gasteiger charge is -2.23. The predicted octanol–water partition coefficient (Wildman–Crippen LogP) is 2.59. The summed E-state index contributed by atoms with van der Waals surface area (Å²) in [7, 11) is 0. The smallest absolute Gasteiger partial charge is 0.409 e. The molecule has 124 valence electrons. The number of rotatable bonds is 6. The molecule has 0 aliphatic carbocycles. The van der Waals surface area contributed by atoms with Crippen molar-refractivity contribution in [2.45, 2.75) is 32.6 Å². The van der Waals surface area contributed by atoms with Crippen molar-refractivity contribution in [2.75, 3.05) is 6.54 Å². The molecule has 4 nitrogen and oxygen atoms in total. The maximum atomic E-state index is 12.3. The van der Waals surface area contributed by atoms with Gasteiger partial charge in [0.15, 0.2) is 0 Å². The van der Waals surface area contributed by atoms with Gasteiger partial charge in [-0.15, -0.1) is 0 Å². The first-order chi connectivity index (χ1) is 9.26. The summed E-state index contributed by atoms with van der Waals surface area (Å²) in [5.41, 5.74) is 0. The minimum absolute atomic E-state index is 0.0122. The second kappa shape index (κ2) is 6.99. The van der Waals surface area contributed by atoms with Gasteiger partial charge in [0.05, 0.1) is 5.92 Å². The molecule has 0 bridgehead atoms. The van der Waals surface area contributed by atoms with Gasteiger partial charge in [-0.25, -0.2) is 0 Å². The van der Waals surface area contributed by atoms with Gasteiger partial charge < -0.3 is 10.4 Å². The Labute approximate surface area is 116 Å². The van der Waals surface area contributed by atoms with E-state index < -0.39 is 42.6 Å². The summed E-state index contributed by atoms with van der Waals surface area (Å²) in [4.78, 5) is 21.9. The van der Waals surface area contributed by atoms with Crippen LogP contribution in [0.3, 0.4) is 0 Å². The minimum atomic E-state index is -5.79. The lowest BCUT2D eigenvalue weighted by atomic mass is 9.97. The summed E-state index contributed by atoms with van der Waals surface area (Å²) in [5, 5.41) is 10.2. The molecule has 0 saturated carbocycles. The van der Waals surface area contributed by atoms with Crippen LogP contribution in [0, 0.1) is 17.8 Å². The second-order valence-corrected chi connectivity index (χ2v) is 4.93. The van der Waals surface area contributed by atoms with Gasteiger partial charge in [-0.3, -0.25) is 9.59 Å². The van der Waals surface area contributed by atoms with Crippen LogP contribution in [-0.4, -0.2) is 35.9 Å². The third kappa shape index (κ3) is 6.67. The molecule has 0 aromatic rings. The third-order valence-electron chi connectivity index (χ3n) is 2.54. The Morgan fingerprint density at radius 3 is 1.76 bits per heavy atom. The van der Waals surface area contributed by atoms with Crippen molar-refractivity contribution in [3.63, 3.8) is 0 Å². The van der Waals surface area contributed by atoms with Gasteiger partial charge in [-0.2, -0.15) is 26.3 Å². The van der Waals surface area contributed by atoms with Crippen LogP contribution in [0.1, 0.15) is 20.3 Å². The fourth-order valence-corrected chi connectivity index (χ4v) is 1.65. The SMILES string of the molecule is CC(C)CC(CNC(=O)C(C(F)(F)F)C(F)(F)F)C(=O)O. The topological polar surface area (TPSA) is 66.4 Å². The monoisotopic (exact) mass is 323 g/mol. The van der Waals surface area contributed by atoms with Gasteiger partial charge >= 0.3 is 18.3 Å². The molecule has 1 amide bonds. The van der Waals surface area contributed by atoms with Gasteiger partial charge in [0.25, 0.3) is 0 Å². The molecule has 0 aliphatic rings. The number of aliphatic carboxylic acids is 1. The maximum absolute atomic E-state index is 12.3. The number of hydrogen-bond donors (Lipinski definition) is 2. The number of alkyl halides is 6. The van der Waals surface area contributed by atoms with E-state index in [1.807, 2.05) is 0 Å². The zero-order chi connectivity index (χ0) is 17.0. The molecule has 0 spiro atoms. The highest BCUT2D eigenvalue weighted by Crippen LogP contribution is 2.39. The summed E-state index contributed by atoms with van der Waals surface area (Å²) in [6.07, 6.45) is -11.6. The molecule has 0 aliphatic heterocycles. The highest BCUT2D eigenvalue weighted by molar-refractivity contribution is 5.81. The van der Waals surface area contributed by atoms with Gasteiger partial charge in [0, 0.05) is 6.54 Å². The van der Waals surface area contributed by atoms with Crippen molar-refractivity contribution in [2.24, 2.45) is 17.8 Å². The van der Waals surface area contributed by atoms with Crippen LogP contribution in [0.4, 0.5) is 26.3 Å². The summed E-state index contributed by atoms with van der Waals surface area (Å²) in [6, 6.07) is 0. The first-order valence-corrected chi connectivity index (χ1v) is 5.90. The Hall–Kier alpha value is -1.48. The highest BCUT2D eigenvalue weighted by Gasteiger charge is 2.61. The van der Waals surface area contributed by atoms with Gasteiger partial charge in [0.2, 0.25) is 11.8 Å². The molecule has 2 N–H and O–H groups in total. The van der Waals surface area contributed by atoms with E-state index in [0.717, 1.165) is 0 Å². The van der Waals surface area contributed by atoms with Gasteiger partial charge in [-0.1, -0.05) is 13.8 Å². The third-order valence-corrected chi connectivity index (χ3v) is 2.54. The predicted molar refractivity (Wildman–Crippen MR) is 59.2 cm³/mol. The van der Waals surface area contributed by atoms with Gasteiger partial charge in [-0.05, 0) is 12.3 Å². The number of carbonyl (C=O) groups is 2. The van der Waals surface area contributed by atoms with E-state index >= 15 is 0 Å². The Morgan fingerprint density at radius 1 is 1.05 bits per heavy atom. The van der Waals surface area contributed by atoms with Crippen molar-refractivity contribution in [1.29, 1.82) is 0 Å². The van der Waals surface area contributed by atoms with Crippen molar-refractivity contribution in [3.8, 4) is 0 Å². The lowest BCUT2D eigenvalue weighted by molar-refractivity contribution is -0.274.